The fraction of sp³-hybridized carbons (Fsp3) is 0.250. The number of nitrogens with zero attached hydrogens (tertiary/aromatic N) is 1. The Morgan fingerprint density at radius 3 is 2.70 bits per heavy atom. The number of fused-ring (bicyclic) bond motifs is 1. The van der Waals surface area contributed by atoms with Gasteiger partial charge in [-0.15, -0.1) is 0 Å². The Kier molecular flexibility index (Phi) is 4.56. The molecule has 0 unspecified atom stereocenters. The zero-order valence-electron chi connectivity index (χ0n) is 13.4. The summed E-state index contributed by atoms with van der Waals surface area (Å²) in [5.41, 5.74) is 3.00. The summed E-state index contributed by atoms with van der Waals surface area (Å²) in [6, 6.07) is 15.1. The number of aromatic nitrogens is 1. The summed E-state index contributed by atoms with van der Waals surface area (Å²) in [6.07, 6.45) is 2.41. The third kappa shape index (κ3) is 3.34. The van der Waals surface area contributed by atoms with E-state index >= 15 is 0 Å². The molecule has 0 saturated heterocycles. The SMILES string of the molecule is CC(C)c1ccccc1CCOc1ccnc2c(F)cccc12. The molecule has 2 nitrogen and oxygen atoms in total. The highest BCUT2D eigenvalue weighted by molar-refractivity contribution is 5.85. The summed E-state index contributed by atoms with van der Waals surface area (Å²) in [4.78, 5) is 4.09. The van der Waals surface area contributed by atoms with Crippen LogP contribution in [0.4, 0.5) is 4.39 Å². The van der Waals surface area contributed by atoms with Gasteiger partial charge in [-0.05, 0) is 35.2 Å². The highest BCUT2D eigenvalue weighted by Gasteiger charge is 2.08. The summed E-state index contributed by atoms with van der Waals surface area (Å²) in [6.45, 7) is 4.94. The van der Waals surface area contributed by atoms with Crippen molar-refractivity contribution in [3.05, 3.63) is 71.7 Å². The molecule has 0 N–H and O–H groups in total. The summed E-state index contributed by atoms with van der Waals surface area (Å²) in [5.74, 6) is 0.844. The van der Waals surface area contributed by atoms with Crippen LogP contribution in [0.2, 0.25) is 0 Å². The molecule has 0 saturated carbocycles. The van der Waals surface area contributed by atoms with Crippen molar-refractivity contribution in [3.63, 3.8) is 0 Å². The lowest BCUT2D eigenvalue weighted by Gasteiger charge is -2.14. The van der Waals surface area contributed by atoms with Gasteiger partial charge in [-0.25, -0.2) is 4.39 Å². The van der Waals surface area contributed by atoms with Gasteiger partial charge < -0.3 is 4.74 Å². The van der Waals surface area contributed by atoms with Gasteiger partial charge in [0.1, 0.15) is 17.1 Å². The molecule has 2 aromatic carbocycles. The lowest BCUT2D eigenvalue weighted by atomic mass is 9.96. The second-order valence-corrected chi connectivity index (χ2v) is 5.90. The van der Waals surface area contributed by atoms with Crippen molar-refractivity contribution in [2.75, 3.05) is 6.61 Å². The van der Waals surface area contributed by atoms with E-state index in [1.54, 1.807) is 18.3 Å². The van der Waals surface area contributed by atoms with Gasteiger partial charge in [-0.3, -0.25) is 4.98 Å². The average molecular weight is 309 g/mol. The minimum atomic E-state index is -0.321. The minimum Gasteiger partial charge on any atom is -0.492 e. The highest BCUT2D eigenvalue weighted by Crippen LogP contribution is 2.26. The molecule has 0 spiro atoms. The number of halogens is 1. The van der Waals surface area contributed by atoms with E-state index in [0.29, 0.717) is 29.2 Å². The first kappa shape index (κ1) is 15.5. The van der Waals surface area contributed by atoms with Crippen LogP contribution in [0.5, 0.6) is 5.75 Å². The molecule has 3 rings (SSSR count). The standard InChI is InChI=1S/C20H20FNO/c1-14(2)16-7-4-3-6-15(16)11-13-23-19-10-12-22-20-17(19)8-5-9-18(20)21/h3-10,12,14H,11,13H2,1-2H3. The topological polar surface area (TPSA) is 22.1 Å². The van der Waals surface area contributed by atoms with E-state index in [9.17, 15) is 4.39 Å². The van der Waals surface area contributed by atoms with Gasteiger partial charge in [0.25, 0.3) is 0 Å². The Morgan fingerprint density at radius 2 is 1.87 bits per heavy atom. The van der Waals surface area contributed by atoms with Crippen LogP contribution in [0, 0.1) is 5.82 Å². The van der Waals surface area contributed by atoms with Crippen molar-refractivity contribution in [2.45, 2.75) is 26.2 Å². The lowest BCUT2D eigenvalue weighted by molar-refractivity contribution is 0.325. The van der Waals surface area contributed by atoms with Gasteiger partial charge in [-0.1, -0.05) is 44.2 Å². The molecule has 118 valence electrons. The monoisotopic (exact) mass is 309 g/mol. The molecule has 1 heterocycles. The first-order chi connectivity index (χ1) is 11.2. The minimum absolute atomic E-state index is 0.321. The van der Waals surface area contributed by atoms with E-state index in [1.165, 1.54) is 17.2 Å². The van der Waals surface area contributed by atoms with E-state index in [4.69, 9.17) is 4.74 Å². The normalized spacial score (nSPS) is 11.1. The molecule has 0 radical (unpaired) electrons. The summed E-state index contributed by atoms with van der Waals surface area (Å²) < 4.78 is 19.7. The number of pyridine rings is 1. The number of rotatable bonds is 5. The molecule has 0 bridgehead atoms. The maximum atomic E-state index is 13.8. The Balaban J connectivity index is 1.76. The molecule has 0 atom stereocenters. The number of para-hydroxylation sites is 1. The van der Waals surface area contributed by atoms with Gasteiger partial charge in [0.15, 0.2) is 0 Å². The largest absolute Gasteiger partial charge is 0.492 e. The van der Waals surface area contributed by atoms with Gasteiger partial charge in [0.05, 0.1) is 6.61 Å². The molecule has 3 heteroatoms. The van der Waals surface area contributed by atoms with Crippen LogP contribution in [0.25, 0.3) is 10.9 Å². The predicted molar refractivity (Wildman–Crippen MR) is 91.4 cm³/mol. The summed E-state index contributed by atoms with van der Waals surface area (Å²) >= 11 is 0. The number of hydrogen-bond acceptors (Lipinski definition) is 2. The molecule has 0 aliphatic rings. The van der Waals surface area contributed by atoms with E-state index in [1.807, 2.05) is 6.07 Å². The zero-order valence-corrected chi connectivity index (χ0v) is 13.4. The van der Waals surface area contributed by atoms with Crippen LogP contribution in [0.15, 0.2) is 54.7 Å². The van der Waals surface area contributed by atoms with Crippen molar-refractivity contribution in [1.82, 2.24) is 4.98 Å². The van der Waals surface area contributed by atoms with Crippen molar-refractivity contribution < 1.29 is 9.13 Å². The summed E-state index contributed by atoms with van der Waals surface area (Å²) in [7, 11) is 0. The van der Waals surface area contributed by atoms with Crippen LogP contribution < -0.4 is 4.74 Å². The third-order valence-corrected chi connectivity index (χ3v) is 3.99. The quantitative estimate of drug-likeness (QED) is 0.652. The molecule has 3 aromatic rings. The number of hydrogen-bond donors (Lipinski definition) is 0. The van der Waals surface area contributed by atoms with Crippen molar-refractivity contribution in [3.8, 4) is 5.75 Å². The maximum Gasteiger partial charge on any atom is 0.149 e. The lowest BCUT2D eigenvalue weighted by Crippen LogP contribution is -2.05. The summed E-state index contributed by atoms with van der Waals surface area (Å²) in [5, 5.41) is 0.713. The molecular formula is C20H20FNO. The Bertz CT molecular complexity index is 814. The fourth-order valence-corrected chi connectivity index (χ4v) is 2.84. The van der Waals surface area contributed by atoms with Crippen LogP contribution in [-0.2, 0) is 6.42 Å². The second-order valence-electron chi connectivity index (χ2n) is 5.90. The van der Waals surface area contributed by atoms with Crippen LogP contribution >= 0.6 is 0 Å². The van der Waals surface area contributed by atoms with Gasteiger partial charge in [0, 0.05) is 18.0 Å². The van der Waals surface area contributed by atoms with Crippen molar-refractivity contribution in [1.29, 1.82) is 0 Å². The van der Waals surface area contributed by atoms with E-state index in [2.05, 4.69) is 43.1 Å². The van der Waals surface area contributed by atoms with Crippen molar-refractivity contribution >= 4 is 10.9 Å². The van der Waals surface area contributed by atoms with Crippen molar-refractivity contribution in [2.24, 2.45) is 0 Å². The molecule has 0 aliphatic heterocycles. The zero-order chi connectivity index (χ0) is 16.2. The van der Waals surface area contributed by atoms with Crippen LogP contribution in [0.3, 0.4) is 0 Å². The van der Waals surface area contributed by atoms with Gasteiger partial charge >= 0.3 is 0 Å². The highest BCUT2D eigenvalue weighted by atomic mass is 19.1. The maximum absolute atomic E-state index is 13.8. The molecular weight excluding hydrogens is 289 g/mol. The predicted octanol–water partition coefficient (Wildman–Crippen LogP) is 5.12. The van der Waals surface area contributed by atoms with Gasteiger partial charge in [0.2, 0.25) is 0 Å². The van der Waals surface area contributed by atoms with Crippen LogP contribution in [-0.4, -0.2) is 11.6 Å². The van der Waals surface area contributed by atoms with E-state index < -0.39 is 0 Å². The fourth-order valence-electron chi connectivity index (χ4n) is 2.84. The first-order valence-electron chi connectivity index (χ1n) is 7.90. The van der Waals surface area contributed by atoms with Gasteiger partial charge in [-0.2, -0.15) is 0 Å². The Morgan fingerprint density at radius 1 is 1.04 bits per heavy atom. The smallest absolute Gasteiger partial charge is 0.149 e. The second kappa shape index (κ2) is 6.78. The molecule has 23 heavy (non-hydrogen) atoms. The molecule has 1 aromatic heterocycles. The average Bonchev–Trinajstić information content (AvgIpc) is 2.56. The molecule has 0 fully saturated rings. The number of benzene rings is 2. The Labute approximate surface area is 135 Å². The molecule has 0 amide bonds. The Hall–Kier alpha value is -2.42. The van der Waals surface area contributed by atoms with E-state index in [-0.39, 0.29) is 5.82 Å². The van der Waals surface area contributed by atoms with Crippen LogP contribution in [0.1, 0.15) is 30.9 Å². The van der Waals surface area contributed by atoms with E-state index in [0.717, 1.165) is 6.42 Å². The first-order valence-corrected chi connectivity index (χ1v) is 7.90. The molecule has 0 aliphatic carbocycles. The third-order valence-electron chi connectivity index (χ3n) is 3.99. The number of ether oxygens (including phenoxy) is 1.